The molecule has 0 bridgehead atoms. The number of nitrogens with zero attached hydrogens (tertiary/aromatic N) is 4. The van der Waals surface area contributed by atoms with Crippen molar-refractivity contribution in [3.8, 4) is 0 Å². The van der Waals surface area contributed by atoms with Crippen molar-refractivity contribution in [3.63, 3.8) is 0 Å². The lowest BCUT2D eigenvalue weighted by molar-refractivity contribution is 0.196. The minimum atomic E-state index is 0.607. The van der Waals surface area contributed by atoms with Crippen LogP contribution in [0.3, 0.4) is 0 Å². The first-order valence-corrected chi connectivity index (χ1v) is 6.41. The first kappa shape index (κ1) is 13.5. The fraction of sp³-hybridized carbons (Fsp3) is 0.583. The Kier molecular flexibility index (Phi) is 4.51. The molecule has 0 fully saturated rings. The summed E-state index contributed by atoms with van der Waals surface area (Å²) in [6.07, 6.45) is 2.59. The normalized spacial score (nSPS) is 10.9. The lowest BCUT2D eigenvalue weighted by Crippen LogP contribution is -2.22. The summed E-state index contributed by atoms with van der Waals surface area (Å²) in [4.78, 5) is 18.3. The molecule has 104 valence electrons. The van der Waals surface area contributed by atoms with Crippen LogP contribution in [0.5, 0.6) is 0 Å². The molecule has 0 radical (unpaired) electrons. The maximum Gasteiger partial charge on any atom is 0.226 e. The average Bonchev–Trinajstić information content (AvgIpc) is 2.86. The van der Waals surface area contributed by atoms with Crippen LogP contribution in [-0.4, -0.2) is 53.8 Å². The van der Waals surface area contributed by atoms with Gasteiger partial charge in [-0.1, -0.05) is 0 Å². The second-order valence-corrected chi connectivity index (χ2v) is 4.27. The third-order valence-corrected chi connectivity index (χ3v) is 2.80. The maximum atomic E-state index is 5.07. The number of ether oxygens (including phenoxy) is 1. The highest BCUT2D eigenvalue weighted by Crippen LogP contribution is 2.21. The smallest absolute Gasteiger partial charge is 0.226 e. The maximum absolute atomic E-state index is 5.07. The van der Waals surface area contributed by atoms with Crippen LogP contribution < -0.4 is 10.2 Å². The van der Waals surface area contributed by atoms with E-state index in [1.54, 1.807) is 13.4 Å². The molecule has 0 saturated heterocycles. The van der Waals surface area contributed by atoms with Crippen LogP contribution in [0.25, 0.3) is 11.2 Å². The number of H-pyrrole nitrogens is 1. The Morgan fingerprint density at radius 3 is 3.00 bits per heavy atom. The van der Waals surface area contributed by atoms with Gasteiger partial charge in [0.1, 0.15) is 5.52 Å². The molecule has 7 nitrogen and oxygen atoms in total. The number of anilines is 2. The number of fused-ring (bicyclic) bond motifs is 1. The van der Waals surface area contributed by atoms with Crippen LogP contribution >= 0.6 is 0 Å². The van der Waals surface area contributed by atoms with Gasteiger partial charge in [-0.25, -0.2) is 4.98 Å². The molecule has 2 heterocycles. The van der Waals surface area contributed by atoms with E-state index in [0.717, 1.165) is 37.5 Å². The second-order valence-electron chi connectivity index (χ2n) is 4.27. The van der Waals surface area contributed by atoms with E-state index in [9.17, 15) is 0 Å². The summed E-state index contributed by atoms with van der Waals surface area (Å²) < 4.78 is 5.07. The molecule has 0 unspecified atom stereocenters. The molecule has 0 aliphatic heterocycles. The zero-order chi connectivity index (χ0) is 13.7. The molecule has 2 rings (SSSR count). The topological polar surface area (TPSA) is 79.0 Å². The predicted octanol–water partition coefficient (Wildman–Crippen LogP) is 1.26. The summed E-state index contributed by atoms with van der Waals surface area (Å²) >= 11 is 0. The second kappa shape index (κ2) is 6.33. The van der Waals surface area contributed by atoms with Crippen molar-refractivity contribution in [2.24, 2.45) is 0 Å². The van der Waals surface area contributed by atoms with Gasteiger partial charge in [0.05, 0.1) is 6.33 Å². The standard InChI is InChI=1S/C12H20N6O/c1-4-13-12-16-10-9(14-8-15-10)11(17-12)18(2)6-5-7-19-3/h8H,4-7H2,1-3H3,(H2,13,14,15,16,17). The molecule has 0 amide bonds. The molecule has 0 spiro atoms. The molecule has 0 aliphatic carbocycles. The fourth-order valence-electron chi connectivity index (χ4n) is 1.88. The van der Waals surface area contributed by atoms with E-state index < -0.39 is 0 Å². The Morgan fingerprint density at radius 2 is 2.26 bits per heavy atom. The Morgan fingerprint density at radius 1 is 1.42 bits per heavy atom. The number of hydrogen-bond donors (Lipinski definition) is 2. The van der Waals surface area contributed by atoms with Crippen LogP contribution in [0.1, 0.15) is 13.3 Å². The minimum absolute atomic E-state index is 0.607. The summed E-state index contributed by atoms with van der Waals surface area (Å²) in [6, 6.07) is 0. The number of rotatable bonds is 7. The molecule has 2 N–H and O–H groups in total. The summed E-state index contributed by atoms with van der Waals surface area (Å²) in [6.45, 7) is 4.40. The predicted molar refractivity (Wildman–Crippen MR) is 75.6 cm³/mol. The van der Waals surface area contributed by atoms with Gasteiger partial charge in [-0.15, -0.1) is 0 Å². The van der Waals surface area contributed by atoms with Crippen molar-refractivity contribution in [1.29, 1.82) is 0 Å². The van der Waals surface area contributed by atoms with Crippen LogP contribution in [0.2, 0.25) is 0 Å². The molecule has 2 aromatic rings. The fourth-order valence-corrected chi connectivity index (χ4v) is 1.88. The zero-order valence-corrected chi connectivity index (χ0v) is 11.6. The molecule has 0 atom stereocenters. The van der Waals surface area contributed by atoms with Gasteiger partial charge >= 0.3 is 0 Å². The van der Waals surface area contributed by atoms with Gasteiger partial charge < -0.3 is 19.9 Å². The molecular formula is C12H20N6O. The van der Waals surface area contributed by atoms with Gasteiger partial charge in [-0.05, 0) is 13.3 Å². The highest BCUT2D eigenvalue weighted by Gasteiger charge is 2.13. The SMILES string of the molecule is CCNc1nc(N(C)CCCOC)c2[nH]cnc2n1. The van der Waals surface area contributed by atoms with E-state index in [0.29, 0.717) is 11.6 Å². The lowest BCUT2D eigenvalue weighted by atomic mass is 10.4. The van der Waals surface area contributed by atoms with E-state index in [1.165, 1.54) is 0 Å². The van der Waals surface area contributed by atoms with Crippen molar-refractivity contribution >= 4 is 22.9 Å². The van der Waals surface area contributed by atoms with E-state index >= 15 is 0 Å². The van der Waals surface area contributed by atoms with Crippen LogP contribution in [0, 0.1) is 0 Å². The van der Waals surface area contributed by atoms with Crippen molar-refractivity contribution in [2.75, 3.05) is 44.1 Å². The summed E-state index contributed by atoms with van der Waals surface area (Å²) in [7, 11) is 3.72. The van der Waals surface area contributed by atoms with Crippen LogP contribution in [0.15, 0.2) is 6.33 Å². The number of nitrogens with one attached hydrogen (secondary N) is 2. The monoisotopic (exact) mass is 264 g/mol. The van der Waals surface area contributed by atoms with Gasteiger partial charge in [-0.2, -0.15) is 9.97 Å². The van der Waals surface area contributed by atoms with E-state index in [-0.39, 0.29) is 0 Å². The summed E-state index contributed by atoms with van der Waals surface area (Å²) in [5, 5.41) is 3.12. The highest BCUT2D eigenvalue weighted by atomic mass is 16.5. The van der Waals surface area contributed by atoms with Gasteiger partial charge in [0, 0.05) is 33.9 Å². The third-order valence-electron chi connectivity index (χ3n) is 2.80. The average molecular weight is 264 g/mol. The molecule has 0 saturated carbocycles. The number of methoxy groups -OCH3 is 1. The van der Waals surface area contributed by atoms with Crippen molar-refractivity contribution in [3.05, 3.63) is 6.33 Å². The first-order valence-electron chi connectivity index (χ1n) is 6.41. The van der Waals surface area contributed by atoms with Crippen molar-refractivity contribution in [2.45, 2.75) is 13.3 Å². The number of imidazole rings is 1. The summed E-state index contributed by atoms with van der Waals surface area (Å²) in [5.41, 5.74) is 1.54. The molecule has 19 heavy (non-hydrogen) atoms. The van der Waals surface area contributed by atoms with Crippen molar-refractivity contribution < 1.29 is 4.74 Å². The largest absolute Gasteiger partial charge is 0.385 e. The van der Waals surface area contributed by atoms with E-state index in [4.69, 9.17) is 4.74 Å². The molecule has 0 aromatic carbocycles. The minimum Gasteiger partial charge on any atom is -0.385 e. The Bertz CT molecular complexity index is 526. The quantitative estimate of drug-likeness (QED) is 0.733. The number of hydrogen-bond acceptors (Lipinski definition) is 6. The Hall–Kier alpha value is -1.89. The molecule has 0 aliphatic rings. The Labute approximate surface area is 112 Å². The van der Waals surface area contributed by atoms with Crippen LogP contribution in [-0.2, 0) is 4.74 Å². The first-order chi connectivity index (χ1) is 9.26. The summed E-state index contributed by atoms with van der Waals surface area (Å²) in [5.74, 6) is 1.46. The highest BCUT2D eigenvalue weighted by molar-refractivity contribution is 5.84. The lowest BCUT2D eigenvalue weighted by Gasteiger charge is -2.19. The van der Waals surface area contributed by atoms with E-state index in [2.05, 4.69) is 30.2 Å². The van der Waals surface area contributed by atoms with E-state index in [1.807, 2.05) is 14.0 Å². The molecular weight excluding hydrogens is 244 g/mol. The Balaban J connectivity index is 2.26. The van der Waals surface area contributed by atoms with Gasteiger partial charge in [0.2, 0.25) is 5.95 Å². The van der Waals surface area contributed by atoms with Gasteiger partial charge in [0.15, 0.2) is 11.5 Å². The van der Waals surface area contributed by atoms with Crippen molar-refractivity contribution in [1.82, 2.24) is 19.9 Å². The molecule has 2 aromatic heterocycles. The number of aromatic amines is 1. The third kappa shape index (κ3) is 3.11. The van der Waals surface area contributed by atoms with Crippen LogP contribution in [0.4, 0.5) is 11.8 Å². The van der Waals surface area contributed by atoms with Gasteiger partial charge in [-0.3, -0.25) is 0 Å². The number of aromatic nitrogens is 4. The zero-order valence-electron chi connectivity index (χ0n) is 11.6. The van der Waals surface area contributed by atoms with Gasteiger partial charge in [0.25, 0.3) is 0 Å². The molecule has 7 heteroatoms.